The van der Waals surface area contributed by atoms with Gasteiger partial charge in [0.1, 0.15) is 6.61 Å². The average Bonchev–Trinajstić information content (AvgIpc) is 2.50. The highest BCUT2D eigenvalue weighted by atomic mass is 79.9. The Bertz CT molecular complexity index is 683. The molecule has 0 aliphatic carbocycles. The quantitative estimate of drug-likeness (QED) is 0.830. The Morgan fingerprint density at radius 2 is 1.91 bits per heavy atom. The maximum Gasteiger partial charge on any atom is 0.408 e. The van der Waals surface area contributed by atoms with Crippen molar-refractivity contribution < 1.29 is 19.4 Å². The van der Waals surface area contributed by atoms with E-state index in [1.807, 2.05) is 43.3 Å². The molecule has 0 radical (unpaired) electrons. The number of hydrogen-bond donors (Lipinski definition) is 2. The van der Waals surface area contributed by atoms with Gasteiger partial charge in [-0.1, -0.05) is 52.3 Å². The summed E-state index contributed by atoms with van der Waals surface area (Å²) in [7, 11) is 0. The van der Waals surface area contributed by atoms with E-state index in [0.717, 1.165) is 15.6 Å². The molecule has 1 atom stereocenters. The summed E-state index contributed by atoms with van der Waals surface area (Å²) in [6, 6.07) is 13.2. The van der Waals surface area contributed by atoms with Crippen molar-refractivity contribution in [1.29, 1.82) is 0 Å². The number of halogens is 1. The molecule has 120 valence electrons. The summed E-state index contributed by atoms with van der Waals surface area (Å²) in [6.07, 6.45) is -0.779. The lowest BCUT2D eigenvalue weighted by molar-refractivity contribution is -0.139. The summed E-state index contributed by atoms with van der Waals surface area (Å²) in [5, 5.41) is 11.7. The molecule has 0 spiro atoms. The lowest BCUT2D eigenvalue weighted by Crippen LogP contribution is -2.34. The van der Waals surface area contributed by atoms with Gasteiger partial charge in [-0.25, -0.2) is 9.59 Å². The molecule has 0 saturated heterocycles. The molecule has 2 aromatic rings. The standard InChI is InChI=1S/C17H16BrNO4/c1-11-7-13(9-14(18)8-11)15(16(20)21)19-17(22)23-10-12-5-3-2-4-6-12/h2-9,15H,10H2,1H3,(H,19,22)(H,20,21). The summed E-state index contributed by atoms with van der Waals surface area (Å²) in [6.45, 7) is 1.93. The third-order valence-electron chi connectivity index (χ3n) is 3.12. The van der Waals surface area contributed by atoms with E-state index in [0.29, 0.717) is 5.56 Å². The van der Waals surface area contributed by atoms with Crippen LogP contribution in [0.25, 0.3) is 0 Å². The van der Waals surface area contributed by atoms with Gasteiger partial charge >= 0.3 is 12.1 Å². The minimum atomic E-state index is -1.17. The normalized spacial score (nSPS) is 11.6. The minimum absolute atomic E-state index is 0.0799. The van der Waals surface area contributed by atoms with Gasteiger partial charge in [0.15, 0.2) is 6.04 Å². The molecule has 5 nitrogen and oxygen atoms in total. The van der Waals surface area contributed by atoms with Gasteiger partial charge in [-0.3, -0.25) is 0 Å². The molecule has 0 heterocycles. The Labute approximate surface area is 142 Å². The monoisotopic (exact) mass is 377 g/mol. The fourth-order valence-electron chi connectivity index (χ4n) is 2.10. The Hall–Kier alpha value is -2.34. The van der Waals surface area contributed by atoms with Crippen LogP contribution in [0, 0.1) is 6.92 Å². The average molecular weight is 378 g/mol. The first-order valence-corrected chi connectivity index (χ1v) is 7.72. The largest absolute Gasteiger partial charge is 0.479 e. The first-order chi connectivity index (χ1) is 11.0. The SMILES string of the molecule is Cc1cc(Br)cc(C(NC(=O)OCc2ccccc2)C(=O)O)c1. The summed E-state index contributed by atoms with van der Waals surface area (Å²) in [5.74, 6) is -1.15. The summed E-state index contributed by atoms with van der Waals surface area (Å²) < 4.78 is 5.81. The second-order valence-electron chi connectivity index (χ2n) is 5.04. The third kappa shape index (κ3) is 5.10. The number of aliphatic carboxylic acids is 1. The molecule has 2 aromatic carbocycles. The predicted octanol–water partition coefficient (Wildman–Crippen LogP) is 3.81. The summed E-state index contributed by atoms with van der Waals surface area (Å²) in [4.78, 5) is 23.3. The van der Waals surface area contributed by atoms with Gasteiger partial charge in [0, 0.05) is 4.47 Å². The highest BCUT2D eigenvalue weighted by molar-refractivity contribution is 9.10. The van der Waals surface area contributed by atoms with Crippen molar-refractivity contribution in [2.45, 2.75) is 19.6 Å². The molecule has 2 N–H and O–H groups in total. The van der Waals surface area contributed by atoms with Crippen molar-refractivity contribution in [3.05, 3.63) is 69.7 Å². The van der Waals surface area contributed by atoms with Crippen LogP contribution < -0.4 is 5.32 Å². The third-order valence-corrected chi connectivity index (χ3v) is 3.58. The van der Waals surface area contributed by atoms with Gasteiger partial charge < -0.3 is 15.2 Å². The number of ether oxygens (including phenoxy) is 1. The highest BCUT2D eigenvalue weighted by Crippen LogP contribution is 2.21. The van der Waals surface area contributed by atoms with E-state index in [-0.39, 0.29) is 6.61 Å². The molecule has 1 unspecified atom stereocenters. The number of aryl methyl sites for hydroxylation is 1. The first-order valence-electron chi connectivity index (χ1n) is 6.93. The number of amides is 1. The molecule has 0 aliphatic rings. The molecule has 2 rings (SSSR count). The van der Waals surface area contributed by atoms with E-state index in [1.54, 1.807) is 12.1 Å². The van der Waals surface area contributed by atoms with Crippen LogP contribution in [-0.2, 0) is 16.1 Å². The number of carbonyl (C=O) groups excluding carboxylic acids is 1. The fraction of sp³-hybridized carbons (Fsp3) is 0.176. The zero-order valence-corrected chi connectivity index (χ0v) is 14.0. The van der Waals surface area contributed by atoms with E-state index in [4.69, 9.17) is 4.74 Å². The van der Waals surface area contributed by atoms with Crippen LogP contribution in [0.5, 0.6) is 0 Å². The Morgan fingerprint density at radius 1 is 1.22 bits per heavy atom. The highest BCUT2D eigenvalue weighted by Gasteiger charge is 2.23. The molecule has 0 fully saturated rings. The Balaban J connectivity index is 2.04. The van der Waals surface area contributed by atoms with Crippen molar-refractivity contribution >= 4 is 28.0 Å². The molecule has 0 aromatic heterocycles. The second kappa shape index (κ2) is 7.78. The number of carbonyl (C=O) groups is 2. The number of nitrogens with one attached hydrogen (secondary N) is 1. The van der Waals surface area contributed by atoms with Gasteiger partial charge in [-0.15, -0.1) is 0 Å². The van der Waals surface area contributed by atoms with Gasteiger partial charge in [-0.2, -0.15) is 0 Å². The smallest absolute Gasteiger partial charge is 0.408 e. The second-order valence-corrected chi connectivity index (χ2v) is 5.95. The van der Waals surface area contributed by atoms with E-state index < -0.39 is 18.1 Å². The Kier molecular flexibility index (Phi) is 5.76. The molecule has 0 aliphatic heterocycles. The van der Waals surface area contributed by atoms with E-state index >= 15 is 0 Å². The van der Waals surface area contributed by atoms with Crippen molar-refractivity contribution in [2.24, 2.45) is 0 Å². The topological polar surface area (TPSA) is 75.6 Å². The minimum Gasteiger partial charge on any atom is -0.479 e. The maximum absolute atomic E-state index is 11.9. The predicted molar refractivity (Wildman–Crippen MR) is 89.0 cm³/mol. The summed E-state index contributed by atoms with van der Waals surface area (Å²) >= 11 is 3.32. The van der Waals surface area contributed by atoms with Crippen molar-refractivity contribution in [2.75, 3.05) is 0 Å². The van der Waals surface area contributed by atoms with Gasteiger partial charge in [0.25, 0.3) is 0 Å². The number of carboxylic acids is 1. The van der Waals surface area contributed by atoms with Crippen LogP contribution >= 0.6 is 15.9 Å². The molecular formula is C17H16BrNO4. The fourth-order valence-corrected chi connectivity index (χ4v) is 2.73. The van der Waals surface area contributed by atoms with Crippen molar-refractivity contribution in [3.8, 4) is 0 Å². The molecule has 1 amide bonds. The van der Waals surface area contributed by atoms with Gasteiger partial charge in [0.2, 0.25) is 0 Å². The number of hydrogen-bond acceptors (Lipinski definition) is 3. The van der Waals surface area contributed by atoms with E-state index in [2.05, 4.69) is 21.2 Å². The number of benzene rings is 2. The molecular weight excluding hydrogens is 362 g/mol. The van der Waals surface area contributed by atoms with Crippen molar-refractivity contribution in [1.82, 2.24) is 5.32 Å². The molecule has 0 bridgehead atoms. The van der Waals surface area contributed by atoms with Crippen LogP contribution in [0.2, 0.25) is 0 Å². The Morgan fingerprint density at radius 3 is 2.52 bits per heavy atom. The van der Waals surface area contributed by atoms with E-state index in [1.165, 1.54) is 0 Å². The molecule has 0 saturated carbocycles. The van der Waals surface area contributed by atoms with Gasteiger partial charge in [-0.05, 0) is 35.7 Å². The van der Waals surface area contributed by atoms with Crippen LogP contribution in [0.1, 0.15) is 22.7 Å². The number of rotatable bonds is 5. The van der Waals surface area contributed by atoms with Gasteiger partial charge in [0.05, 0.1) is 0 Å². The van der Waals surface area contributed by atoms with Crippen molar-refractivity contribution in [3.63, 3.8) is 0 Å². The lowest BCUT2D eigenvalue weighted by atomic mass is 10.0. The zero-order valence-electron chi connectivity index (χ0n) is 12.5. The van der Waals surface area contributed by atoms with Crippen LogP contribution in [0.15, 0.2) is 53.0 Å². The molecule has 6 heteroatoms. The van der Waals surface area contributed by atoms with Crippen LogP contribution in [0.4, 0.5) is 4.79 Å². The van der Waals surface area contributed by atoms with Crippen LogP contribution in [0.3, 0.4) is 0 Å². The lowest BCUT2D eigenvalue weighted by Gasteiger charge is -2.16. The number of alkyl carbamates (subject to hydrolysis) is 1. The molecule has 23 heavy (non-hydrogen) atoms. The zero-order chi connectivity index (χ0) is 16.8. The van der Waals surface area contributed by atoms with E-state index in [9.17, 15) is 14.7 Å². The summed E-state index contributed by atoms with van der Waals surface area (Å²) in [5.41, 5.74) is 2.19. The number of carboxylic acid groups (broad SMARTS) is 1. The maximum atomic E-state index is 11.9. The van der Waals surface area contributed by atoms with Crippen LogP contribution in [-0.4, -0.2) is 17.2 Å². The first kappa shape index (κ1) is 17.0.